The molecule has 612 valence electrons. The first-order chi connectivity index (χ1) is 61.5. The highest BCUT2D eigenvalue weighted by Gasteiger charge is 2.27. The Morgan fingerprint density at radius 3 is 1.31 bits per heavy atom. The number of pyridine rings is 1. The molecule has 0 spiro atoms. The minimum absolute atomic E-state index is 1.21. The summed E-state index contributed by atoms with van der Waals surface area (Å²) in [6.45, 7) is 13.0. The lowest BCUT2D eigenvalue weighted by molar-refractivity contribution is -0.728. The van der Waals surface area contributed by atoms with Gasteiger partial charge in [-0.05, 0) is 183 Å². The van der Waals surface area contributed by atoms with Crippen molar-refractivity contribution in [3.8, 4) is 67.3 Å². The second-order valence-electron chi connectivity index (χ2n) is 33.1. The Morgan fingerprint density at radius 1 is 0.238 bits per heavy atom. The number of rotatable bonds is 6. The van der Waals surface area contributed by atoms with Gasteiger partial charge in [0.25, 0.3) is 16.9 Å². The van der Waals surface area contributed by atoms with Crippen LogP contribution < -0.4 is 27.5 Å². The Hall–Kier alpha value is -15.7. The third-order valence-electron chi connectivity index (χ3n) is 25.2. The van der Waals surface area contributed by atoms with Crippen molar-refractivity contribution in [2.24, 2.45) is 42.3 Å². The minimum atomic E-state index is 1.21. The van der Waals surface area contributed by atoms with E-state index in [1.54, 1.807) is 0 Å². The van der Waals surface area contributed by atoms with Gasteiger partial charge in [-0.2, -0.15) is 22.2 Å². The lowest BCUT2D eigenvalue weighted by Gasteiger charge is -2.07. The van der Waals surface area contributed by atoms with Crippen LogP contribution in [-0.2, 0) is 42.3 Å². The van der Waals surface area contributed by atoms with E-state index in [1.165, 1.54) is 200 Å². The first-order valence-electron chi connectivity index (χ1n) is 43.2. The molecule has 12 heteroatoms. The SMILES string of the molecule is Cc1ccccc1-c1c2cc3ccccc3n2cc[n+]1C.Cc1ccccc1-c1c2ccccc2n2ccc[n+](C)c12.Cc1ccccc1-c1cc2cc3ccccc3n2c[n+]1C.Cc1ccccc1-c1ccc2cc3ccccc3n2[n+]1C.Cc1ccccc1-c1cccn2c3ccccc3[n+](C)c12.Cc1ccccc1-c1ccn2c3ccccc3cc2[n+]1C. The maximum atomic E-state index is 2.27. The molecule has 12 heterocycles. The van der Waals surface area contributed by atoms with Gasteiger partial charge in [0, 0.05) is 68.4 Å². The number of hydrogen-bond acceptors (Lipinski definition) is 0. The lowest BCUT2D eigenvalue weighted by Crippen LogP contribution is -2.39. The molecule has 0 radical (unpaired) electrons. The van der Waals surface area contributed by atoms with Gasteiger partial charge in [0.2, 0.25) is 17.7 Å². The fourth-order valence-corrected chi connectivity index (χ4v) is 18.7. The highest BCUT2D eigenvalue weighted by atomic mass is 15.3. The first kappa shape index (κ1) is 80.1. The lowest BCUT2D eigenvalue weighted by atomic mass is 9.99. The summed E-state index contributed by atoms with van der Waals surface area (Å²) in [5.41, 5.74) is 39.2. The summed E-state index contributed by atoms with van der Waals surface area (Å²) in [7, 11) is 12.7. The Bertz CT molecular complexity index is 8210. The minimum Gasteiger partial charge on any atom is -0.305 e. The van der Waals surface area contributed by atoms with Crippen molar-refractivity contribution in [1.29, 1.82) is 0 Å². The van der Waals surface area contributed by atoms with Gasteiger partial charge in [-0.1, -0.05) is 231 Å². The summed E-state index contributed by atoms with van der Waals surface area (Å²) >= 11 is 0. The van der Waals surface area contributed by atoms with E-state index >= 15 is 0 Å². The van der Waals surface area contributed by atoms with Crippen LogP contribution in [0, 0.1) is 41.5 Å². The number of hydrogen-bond donors (Lipinski definition) is 0. The van der Waals surface area contributed by atoms with Crippen LogP contribution >= 0.6 is 0 Å². The molecule has 0 amide bonds. The summed E-state index contributed by atoms with van der Waals surface area (Å²) in [5.74, 6) is 0. The van der Waals surface area contributed by atoms with Crippen molar-refractivity contribution in [2.45, 2.75) is 41.5 Å². The van der Waals surface area contributed by atoms with Crippen LogP contribution in [0.1, 0.15) is 33.4 Å². The van der Waals surface area contributed by atoms with Crippen molar-refractivity contribution in [3.63, 3.8) is 0 Å². The van der Waals surface area contributed by atoms with Crippen LogP contribution in [0.2, 0.25) is 0 Å². The van der Waals surface area contributed by atoms with E-state index in [4.69, 9.17) is 0 Å². The van der Waals surface area contributed by atoms with Crippen molar-refractivity contribution in [1.82, 2.24) is 26.5 Å². The molecule has 0 bridgehead atoms. The van der Waals surface area contributed by atoms with E-state index in [0.717, 1.165) is 0 Å². The van der Waals surface area contributed by atoms with Gasteiger partial charge in [-0.3, -0.25) is 0 Å². The maximum absolute atomic E-state index is 2.27. The van der Waals surface area contributed by atoms with Crippen molar-refractivity contribution < 1.29 is 27.5 Å². The Morgan fingerprint density at radius 2 is 0.690 bits per heavy atom. The Labute approximate surface area is 734 Å². The highest BCUT2D eigenvalue weighted by molar-refractivity contribution is 6.04. The van der Waals surface area contributed by atoms with Crippen LogP contribution in [0.4, 0.5) is 0 Å². The highest BCUT2D eigenvalue weighted by Crippen LogP contribution is 2.37. The molecule has 12 nitrogen and oxygen atoms in total. The number of fused-ring (bicyclic) bond motifs is 18. The van der Waals surface area contributed by atoms with Gasteiger partial charge in [0.1, 0.15) is 69.4 Å². The average molecular weight is 1640 g/mol. The summed E-state index contributed by atoms with van der Waals surface area (Å²) in [4.78, 5) is 0. The quantitative estimate of drug-likeness (QED) is 0.149. The summed E-state index contributed by atoms with van der Waals surface area (Å²) < 4.78 is 27.0. The van der Waals surface area contributed by atoms with E-state index in [2.05, 4.69) is 539 Å². The van der Waals surface area contributed by atoms with Crippen molar-refractivity contribution in [3.05, 3.63) is 435 Å². The van der Waals surface area contributed by atoms with E-state index in [9.17, 15) is 0 Å². The molecule has 24 aromatic rings. The van der Waals surface area contributed by atoms with Gasteiger partial charge < -0.3 is 4.40 Å². The normalized spacial score (nSPS) is 11.3. The molecule has 12 aromatic carbocycles. The van der Waals surface area contributed by atoms with E-state index in [1.807, 2.05) is 0 Å². The van der Waals surface area contributed by atoms with Crippen molar-refractivity contribution in [2.75, 3.05) is 0 Å². The summed E-state index contributed by atoms with van der Waals surface area (Å²) in [5, 5.41) is 6.40. The van der Waals surface area contributed by atoms with Gasteiger partial charge in [-0.15, -0.1) is 9.20 Å². The number of imidazole rings is 1. The molecule has 24 rings (SSSR count). The number of para-hydroxylation sites is 7. The molecule has 0 unspecified atom stereocenters. The zero-order chi connectivity index (χ0) is 86.4. The zero-order valence-corrected chi connectivity index (χ0v) is 73.5. The molecule has 0 aliphatic carbocycles. The van der Waals surface area contributed by atoms with E-state index < -0.39 is 0 Å². The smallest absolute Gasteiger partial charge is 0.294 e. The Kier molecular flexibility index (Phi) is 21.6. The second kappa shape index (κ2) is 34.0. The number of aryl methyl sites for hydroxylation is 12. The van der Waals surface area contributed by atoms with Crippen LogP contribution in [-0.4, -0.2) is 26.5 Å². The largest absolute Gasteiger partial charge is 0.305 e. The van der Waals surface area contributed by atoms with Gasteiger partial charge in [0.15, 0.2) is 24.3 Å². The molecular formula is C114H102N12+6. The molecule has 0 N–H and O–H groups in total. The number of aromatic nitrogens is 12. The summed E-state index contributed by atoms with van der Waals surface area (Å²) in [6.07, 6.45) is 15.0. The molecule has 0 aliphatic rings. The monoisotopic (exact) mass is 1640 g/mol. The standard InChI is InChI=1S/6C19H17N2/c1-14-7-3-5-9-17(14)19-12-16-11-15-8-4-6-10-18(15)21(16)13-20(19)2;1-14-7-3-5-9-17(14)19-12-11-16-13-15-8-4-6-10-18(15)21(16)20(19)2;1-14-7-3-5-9-16(14)19-18-13-15-8-4-6-10-17(15)21(18)12-11-20(19)2;1-14-7-3-5-9-16(14)18-11-12-21-17-10-6-4-8-15(17)13-19(21)20(18)2;1-14-8-3-4-9-15(14)16-10-7-13-21-18-12-6-5-11-17(18)20(2)19(16)21;1-14-8-3-4-9-15(14)18-16-10-5-6-11-17(16)21-13-7-12-20(2)19(18)21/h6*3-13H,1-2H3/q6*+1. The fourth-order valence-electron chi connectivity index (χ4n) is 18.7. The third-order valence-corrected chi connectivity index (χ3v) is 25.2. The molecular weight excluding hydrogens is 1540 g/mol. The average Bonchev–Trinajstić information content (AvgIpc) is 1.64. The topological polar surface area (TPSA) is 49.7 Å². The molecule has 126 heavy (non-hydrogen) atoms. The van der Waals surface area contributed by atoms with Crippen molar-refractivity contribution >= 4 is 99.0 Å². The Balaban J connectivity index is 0.0000000987. The first-order valence-corrected chi connectivity index (χ1v) is 43.2. The summed E-state index contributed by atoms with van der Waals surface area (Å²) in [6, 6.07) is 127. The molecule has 0 atom stereocenters. The number of benzene rings is 12. The van der Waals surface area contributed by atoms with Gasteiger partial charge in [0.05, 0.1) is 74.6 Å². The predicted molar refractivity (Wildman–Crippen MR) is 518 cm³/mol. The molecule has 12 aromatic heterocycles. The van der Waals surface area contributed by atoms with Gasteiger partial charge >= 0.3 is 0 Å². The molecule has 0 saturated carbocycles. The molecule has 0 saturated heterocycles. The van der Waals surface area contributed by atoms with Crippen LogP contribution in [0.5, 0.6) is 0 Å². The third kappa shape index (κ3) is 14.7. The fraction of sp³-hybridized carbons (Fsp3) is 0.105. The molecule has 0 fully saturated rings. The van der Waals surface area contributed by atoms with Gasteiger partial charge in [-0.25, -0.2) is 18.3 Å². The molecule has 0 aliphatic heterocycles. The number of nitrogens with zero attached hydrogens (tertiary/aromatic N) is 12. The maximum Gasteiger partial charge on any atom is 0.294 e. The zero-order valence-electron chi connectivity index (χ0n) is 73.5. The van der Waals surface area contributed by atoms with Crippen LogP contribution in [0.3, 0.4) is 0 Å². The van der Waals surface area contributed by atoms with E-state index in [-0.39, 0.29) is 0 Å². The van der Waals surface area contributed by atoms with Crippen LogP contribution in [0.25, 0.3) is 166 Å². The van der Waals surface area contributed by atoms with E-state index in [0.29, 0.717) is 0 Å². The second-order valence-corrected chi connectivity index (χ2v) is 33.1. The van der Waals surface area contributed by atoms with Crippen LogP contribution in [0.15, 0.2) is 401 Å². The predicted octanol–water partition coefficient (Wildman–Crippen LogP) is 23.4.